The zero-order valence-corrected chi connectivity index (χ0v) is 25.8. The van der Waals surface area contributed by atoms with Crippen LogP contribution in [0.3, 0.4) is 0 Å². The van der Waals surface area contributed by atoms with Crippen molar-refractivity contribution in [1.82, 2.24) is 0 Å². The van der Waals surface area contributed by atoms with Crippen molar-refractivity contribution in [1.29, 1.82) is 0 Å². The fraction of sp³-hybridized carbons (Fsp3) is 0.906. The van der Waals surface area contributed by atoms with Gasteiger partial charge in [-0.1, -0.05) is 122 Å². The molecule has 0 aromatic carbocycles. The summed E-state index contributed by atoms with van der Waals surface area (Å²) >= 11 is 0. The highest BCUT2D eigenvalue weighted by Crippen LogP contribution is 2.10. The van der Waals surface area contributed by atoms with Crippen LogP contribution in [0.25, 0.3) is 0 Å². The van der Waals surface area contributed by atoms with Crippen molar-refractivity contribution in [2.75, 3.05) is 6.54 Å². The Morgan fingerprint density at radius 1 is 0.684 bits per heavy atom. The molecule has 38 heavy (non-hydrogen) atoms. The number of aliphatic carboxylic acids is 1. The molecular weight excluding hydrogens is 478 g/mol. The Bertz CT molecular complexity index is 467. The molecule has 0 fully saturated rings. The van der Waals surface area contributed by atoms with Crippen molar-refractivity contribution >= 4 is 5.97 Å². The highest BCUT2D eigenvalue weighted by Gasteiger charge is 2.21. The molecule has 0 aliphatic heterocycles. The predicted octanol–water partition coefficient (Wildman–Crippen LogP) is 8.26. The SMILES string of the molecule is CC(O)C(C)(O)O.CCCCCCCC/C=C\CCCCCCCC(=O)O.CCCCCCCCCCN. The number of rotatable bonds is 24. The third-order valence-corrected chi connectivity index (χ3v) is 6.50. The van der Waals surface area contributed by atoms with Gasteiger partial charge in [-0.15, -0.1) is 0 Å². The average Bonchev–Trinajstić information content (AvgIpc) is 2.86. The first kappa shape index (κ1) is 41.5. The van der Waals surface area contributed by atoms with E-state index in [2.05, 4.69) is 26.0 Å². The molecular formula is C32H67NO5. The summed E-state index contributed by atoms with van der Waals surface area (Å²) in [7, 11) is 0. The van der Waals surface area contributed by atoms with Gasteiger partial charge < -0.3 is 26.2 Å². The normalized spacial score (nSPS) is 12.0. The Morgan fingerprint density at radius 2 is 1.00 bits per heavy atom. The fourth-order valence-electron chi connectivity index (χ4n) is 3.63. The van der Waals surface area contributed by atoms with Crippen LogP contribution in [0.5, 0.6) is 0 Å². The molecule has 0 bridgehead atoms. The molecule has 0 aromatic rings. The average molecular weight is 546 g/mol. The lowest BCUT2D eigenvalue weighted by Crippen LogP contribution is -2.36. The van der Waals surface area contributed by atoms with Crippen molar-refractivity contribution in [2.24, 2.45) is 5.73 Å². The van der Waals surface area contributed by atoms with Crippen LogP contribution in [-0.4, -0.2) is 44.8 Å². The molecule has 0 saturated carbocycles. The number of aliphatic hydroxyl groups is 3. The maximum atomic E-state index is 10.3. The molecule has 1 unspecified atom stereocenters. The number of carboxylic acids is 1. The number of carboxylic acid groups (broad SMARTS) is 1. The van der Waals surface area contributed by atoms with E-state index in [0.717, 1.165) is 26.3 Å². The van der Waals surface area contributed by atoms with Crippen molar-refractivity contribution < 1.29 is 25.2 Å². The van der Waals surface area contributed by atoms with E-state index in [4.69, 9.17) is 26.2 Å². The zero-order chi connectivity index (χ0) is 29.3. The molecule has 0 aliphatic rings. The number of carbonyl (C=O) groups is 1. The van der Waals surface area contributed by atoms with Crippen molar-refractivity contribution in [3.05, 3.63) is 12.2 Å². The van der Waals surface area contributed by atoms with E-state index in [1.54, 1.807) is 0 Å². The lowest BCUT2D eigenvalue weighted by Gasteiger charge is -2.17. The third kappa shape index (κ3) is 45.0. The van der Waals surface area contributed by atoms with Crippen LogP contribution in [-0.2, 0) is 4.79 Å². The molecule has 0 radical (unpaired) electrons. The zero-order valence-electron chi connectivity index (χ0n) is 25.8. The first-order valence-electron chi connectivity index (χ1n) is 15.8. The Labute approximate surface area is 236 Å². The largest absolute Gasteiger partial charge is 0.481 e. The molecule has 0 heterocycles. The summed E-state index contributed by atoms with van der Waals surface area (Å²) in [4.78, 5) is 10.3. The summed E-state index contributed by atoms with van der Waals surface area (Å²) in [6, 6.07) is 0. The van der Waals surface area contributed by atoms with Gasteiger partial charge in [0, 0.05) is 6.42 Å². The minimum Gasteiger partial charge on any atom is -0.481 e. The summed E-state index contributed by atoms with van der Waals surface area (Å²) in [6.45, 7) is 7.82. The van der Waals surface area contributed by atoms with E-state index >= 15 is 0 Å². The molecule has 6 N–H and O–H groups in total. The van der Waals surface area contributed by atoms with Gasteiger partial charge >= 0.3 is 5.97 Å². The van der Waals surface area contributed by atoms with Crippen LogP contribution in [0.15, 0.2) is 12.2 Å². The second-order valence-electron chi connectivity index (χ2n) is 10.8. The third-order valence-electron chi connectivity index (χ3n) is 6.50. The number of nitrogens with two attached hydrogens (primary N) is 1. The van der Waals surface area contributed by atoms with Gasteiger partial charge in [0.25, 0.3) is 0 Å². The lowest BCUT2D eigenvalue weighted by atomic mass is 10.1. The topological polar surface area (TPSA) is 124 Å². The summed E-state index contributed by atoms with van der Waals surface area (Å²) in [5.74, 6) is -2.61. The number of unbranched alkanes of at least 4 members (excludes halogenated alkanes) is 18. The van der Waals surface area contributed by atoms with Crippen LogP contribution in [0.2, 0.25) is 0 Å². The molecule has 0 aliphatic carbocycles. The summed E-state index contributed by atoms with van der Waals surface area (Å²) in [5.41, 5.74) is 5.39. The Kier molecular flexibility index (Phi) is 37.2. The smallest absolute Gasteiger partial charge is 0.303 e. The van der Waals surface area contributed by atoms with E-state index in [-0.39, 0.29) is 0 Å². The molecule has 6 heteroatoms. The maximum Gasteiger partial charge on any atom is 0.303 e. The molecule has 1 atom stereocenters. The molecule has 230 valence electrons. The summed E-state index contributed by atoms with van der Waals surface area (Å²) < 4.78 is 0. The molecule has 6 nitrogen and oxygen atoms in total. The Balaban J connectivity index is -0.000000567. The van der Waals surface area contributed by atoms with Crippen LogP contribution in [0, 0.1) is 0 Å². The second kappa shape index (κ2) is 34.1. The van der Waals surface area contributed by atoms with Gasteiger partial charge in [-0.3, -0.25) is 4.79 Å². The van der Waals surface area contributed by atoms with Crippen LogP contribution >= 0.6 is 0 Å². The van der Waals surface area contributed by atoms with Crippen LogP contribution in [0.4, 0.5) is 0 Å². The van der Waals surface area contributed by atoms with Gasteiger partial charge in [0.2, 0.25) is 0 Å². The van der Waals surface area contributed by atoms with E-state index in [1.165, 1.54) is 129 Å². The molecule has 0 saturated heterocycles. The predicted molar refractivity (Wildman–Crippen MR) is 163 cm³/mol. The van der Waals surface area contributed by atoms with Gasteiger partial charge in [-0.25, -0.2) is 0 Å². The number of hydrogen-bond acceptors (Lipinski definition) is 5. The monoisotopic (exact) mass is 546 g/mol. The van der Waals surface area contributed by atoms with E-state index in [0.29, 0.717) is 6.42 Å². The van der Waals surface area contributed by atoms with Gasteiger partial charge in [-0.2, -0.15) is 0 Å². The van der Waals surface area contributed by atoms with Gasteiger partial charge in [0.1, 0.15) is 6.10 Å². The number of allylic oxidation sites excluding steroid dienone is 2. The fourth-order valence-corrected chi connectivity index (χ4v) is 3.63. The molecule has 0 aromatic heterocycles. The van der Waals surface area contributed by atoms with E-state index < -0.39 is 17.9 Å². The quantitative estimate of drug-likeness (QED) is 0.0472. The minimum absolute atomic E-state index is 0.332. The van der Waals surface area contributed by atoms with E-state index in [9.17, 15) is 4.79 Å². The van der Waals surface area contributed by atoms with Gasteiger partial charge in [-0.05, 0) is 58.9 Å². The first-order chi connectivity index (χ1) is 18.1. The van der Waals surface area contributed by atoms with Crippen molar-refractivity contribution in [3.8, 4) is 0 Å². The Morgan fingerprint density at radius 3 is 1.32 bits per heavy atom. The summed E-state index contributed by atoms with van der Waals surface area (Å²) in [5, 5.41) is 33.7. The van der Waals surface area contributed by atoms with Crippen molar-refractivity contribution in [2.45, 2.75) is 181 Å². The molecule has 0 amide bonds. The molecule has 0 spiro atoms. The molecule has 0 rings (SSSR count). The maximum absolute atomic E-state index is 10.3. The highest BCUT2D eigenvalue weighted by atomic mass is 16.5. The summed E-state index contributed by atoms with van der Waals surface area (Å²) in [6.07, 6.45) is 31.1. The Hall–Kier alpha value is -0.950. The van der Waals surface area contributed by atoms with Gasteiger partial charge in [0.15, 0.2) is 5.79 Å². The van der Waals surface area contributed by atoms with Crippen molar-refractivity contribution in [3.63, 3.8) is 0 Å². The highest BCUT2D eigenvalue weighted by molar-refractivity contribution is 5.66. The van der Waals surface area contributed by atoms with Crippen LogP contribution < -0.4 is 5.73 Å². The van der Waals surface area contributed by atoms with Gasteiger partial charge in [0.05, 0.1) is 0 Å². The standard InChI is InChI=1S/C18H34O2.C10H23N.C4H10O3/c1-2-3-4-5-6-7-8-9-10-11-12-13-14-15-16-17-18(19)20;1-2-3-4-5-6-7-8-9-10-11;1-3(5)4(2,6)7/h9-10H,2-8,11-17H2,1H3,(H,19,20);2-11H2,1H3;3,5-7H,1-2H3/b10-9-;;. The minimum atomic E-state index is -1.94. The lowest BCUT2D eigenvalue weighted by molar-refractivity contribution is -0.205. The second-order valence-corrected chi connectivity index (χ2v) is 10.8. The first-order valence-corrected chi connectivity index (χ1v) is 15.8. The van der Waals surface area contributed by atoms with Crippen LogP contribution in [0.1, 0.15) is 169 Å². The number of aliphatic hydroxyl groups excluding tert-OH is 1. The number of hydrogen-bond donors (Lipinski definition) is 5. The van der Waals surface area contributed by atoms with E-state index in [1.807, 2.05) is 0 Å².